The maximum Gasteiger partial charge on any atom is 0.185 e. The maximum absolute atomic E-state index is 14.0. The summed E-state index contributed by atoms with van der Waals surface area (Å²) >= 11 is 0. The Morgan fingerprint density at radius 2 is 1.66 bits per heavy atom. The van der Waals surface area contributed by atoms with Gasteiger partial charge in [-0.15, -0.1) is 0 Å². The van der Waals surface area contributed by atoms with E-state index in [1.807, 2.05) is 90.7 Å². The van der Waals surface area contributed by atoms with Crippen molar-refractivity contribution in [3.8, 4) is 12.1 Å². The summed E-state index contributed by atoms with van der Waals surface area (Å²) in [5.74, 6) is -0.689. The Kier molecular flexibility index (Phi) is 4.65. The number of carbonyl (C=O) groups excluding carboxylic acids is 1. The summed E-state index contributed by atoms with van der Waals surface area (Å²) in [7, 11) is 0. The number of aryl methyl sites for hydroxylation is 1. The standard InChI is InChI=1S/C28H21N3O/c1-19-8-7-12-22(16-19)25-26(27(32)21-10-3-2-4-11-21)31-23-13-6-5-9-20(23)14-15-24(31)28(25,17-29)18-30/h2-16,24-26H,1H3/t24-,25-,26+/m0/s1. The van der Waals surface area contributed by atoms with Crippen LogP contribution in [-0.2, 0) is 0 Å². The molecule has 1 fully saturated rings. The molecular weight excluding hydrogens is 394 g/mol. The van der Waals surface area contributed by atoms with E-state index in [1.54, 1.807) is 12.1 Å². The number of para-hydroxylation sites is 1. The molecular formula is C28H21N3O. The van der Waals surface area contributed by atoms with E-state index in [0.717, 1.165) is 22.4 Å². The van der Waals surface area contributed by atoms with Crippen molar-refractivity contribution in [2.75, 3.05) is 4.90 Å². The average molecular weight is 415 g/mol. The lowest BCUT2D eigenvalue weighted by molar-refractivity contribution is 0.0951. The van der Waals surface area contributed by atoms with Gasteiger partial charge in [0, 0.05) is 17.2 Å². The lowest BCUT2D eigenvalue weighted by Crippen LogP contribution is -2.44. The molecule has 5 rings (SSSR count). The van der Waals surface area contributed by atoms with Gasteiger partial charge in [0.2, 0.25) is 0 Å². The van der Waals surface area contributed by atoms with E-state index >= 15 is 0 Å². The smallest absolute Gasteiger partial charge is 0.185 e. The van der Waals surface area contributed by atoms with Gasteiger partial charge in [0.25, 0.3) is 0 Å². The zero-order chi connectivity index (χ0) is 22.3. The number of ketones is 1. The summed E-state index contributed by atoms with van der Waals surface area (Å²) in [6.45, 7) is 1.98. The summed E-state index contributed by atoms with van der Waals surface area (Å²) in [5.41, 5.74) is 2.88. The minimum absolute atomic E-state index is 0.0837. The zero-order valence-electron chi connectivity index (χ0n) is 17.6. The third kappa shape index (κ3) is 2.77. The topological polar surface area (TPSA) is 67.9 Å². The van der Waals surface area contributed by atoms with Crippen LogP contribution in [0.2, 0.25) is 0 Å². The molecule has 0 aromatic heterocycles. The number of nitrogens with zero attached hydrogens (tertiary/aromatic N) is 3. The molecule has 3 aromatic rings. The Morgan fingerprint density at radius 3 is 2.38 bits per heavy atom. The molecule has 2 aliphatic rings. The van der Waals surface area contributed by atoms with Crippen LogP contribution in [0.5, 0.6) is 0 Å². The highest BCUT2D eigenvalue weighted by molar-refractivity contribution is 6.04. The molecule has 0 spiro atoms. The molecule has 2 heterocycles. The Hall–Kier alpha value is -4.15. The van der Waals surface area contributed by atoms with Crippen molar-refractivity contribution in [2.45, 2.75) is 24.9 Å². The van der Waals surface area contributed by atoms with Crippen LogP contribution in [0.15, 0.2) is 84.9 Å². The SMILES string of the molecule is Cc1cccc([C@H]2[C@H](C(=O)c3ccccc3)N3c4ccccc4C=C[C@H]3C2(C#N)C#N)c1. The Balaban J connectivity index is 1.80. The molecule has 0 bridgehead atoms. The maximum atomic E-state index is 14.0. The molecule has 4 nitrogen and oxygen atoms in total. The third-order valence-corrected chi connectivity index (χ3v) is 6.64. The van der Waals surface area contributed by atoms with Gasteiger partial charge in [-0.05, 0) is 24.1 Å². The Morgan fingerprint density at radius 1 is 0.938 bits per heavy atom. The van der Waals surface area contributed by atoms with Gasteiger partial charge in [-0.2, -0.15) is 10.5 Å². The van der Waals surface area contributed by atoms with Crippen molar-refractivity contribution in [1.29, 1.82) is 10.5 Å². The Bertz CT molecular complexity index is 1300. The number of hydrogen-bond acceptors (Lipinski definition) is 4. The lowest BCUT2D eigenvalue weighted by Gasteiger charge is -2.35. The second kappa shape index (κ2) is 7.52. The van der Waals surface area contributed by atoms with Crippen molar-refractivity contribution in [2.24, 2.45) is 5.41 Å². The molecule has 0 saturated carbocycles. The van der Waals surface area contributed by atoms with E-state index in [4.69, 9.17) is 0 Å². The lowest BCUT2D eigenvalue weighted by atomic mass is 9.69. The predicted molar refractivity (Wildman–Crippen MR) is 124 cm³/mol. The first-order valence-electron chi connectivity index (χ1n) is 10.6. The van der Waals surface area contributed by atoms with E-state index in [9.17, 15) is 15.3 Å². The first-order valence-corrected chi connectivity index (χ1v) is 10.6. The molecule has 2 aliphatic heterocycles. The van der Waals surface area contributed by atoms with Crippen LogP contribution in [0, 0.1) is 35.0 Å². The second-order valence-corrected chi connectivity index (χ2v) is 8.43. The van der Waals surface area contributed by atoms with Crippen LogP contribution < -0.4 is 4.90 Å². The zero-order valence-corrected chi connectivity index (χ0v) is 17.6. The Labute approximate surface area is 187 Å². The van der Waals surface area contributed by atoms with Crippen LogP contribution in [0.3, 0.4) is 0 Å². The molecule has 1 saturated heterocycles. The second-order valence-electron chi connectivity index (χ2n) is 8.43. The minimum Gasteiger partial charge on any atom is -0.351 e. The van der Waals surface area contributed by atoms with Crippen LogP contribution in [0.1, 0.15) is 33.0 Å². The van der Waals surface area contributed by atoms with E-state index in [1.165, 1.54) is 0 Å². The number of anilines is 1. The fraction of sp³-hybridized carbons (Fsp3) is 0.179. The van der Waals surface area contributed by atoms with Crippen molar-refractivity contribution >= 4 is 17.5 Å². The first-order chi connectivity index (χ1) is 15.6. The van der Waals surface area contributed by atoms with Gasteiger partial charge in [0.05, 0.1) is 18.2 Å². The highest BCUT2D eigenvalue weighted by Crippen LogP contribution is 2.55. The summed E-state index contributed by atoms with van der Waals surface area (Å²) in [5, 5.41) is 20.9. The quantitative estimate of drug-likeness (QED) is 0.546. The van der Waals surface area contributed by atoms with Crippen molar-refractivity contribution in [3.05, 3.63) is 107 Å². The van der Waals surface area contributed by atoms with Gasteiger partial charge in [-0.3, -0.25) is 4.79 Å². The molecule has 0 radical (unpaired) electrons. The molecule has 0 amide bonds. The third-order valence-electron chi connectivity index (χ3n) is 6.64. The van der Waals surface area contributed by atoms with Crippen LogP contribution >= 0.6 is 0 Å². The summed E-state index contributed by atoms with van der Waals surface area (Å²) in [6.07, 6.45) is 3.87. The first kappa shape index (κ1) is 19.8. The number of fused-ring (bicyclic) bond motifs is 3. The number of carbonyl (C=O) groups is 1. The fourth-order valence-electron chi connectivity index (χ4n) is 5.24. The van der Waals surface area contributed by atoms with Gasteiger partial charge < -0.3 is 4.90 Å². The molecule has 0 aliphatic carbocycles. The number of hydrogen-bond donors (Lipinski definition) is 0. The van der Waals surface area contributed by atoms with E-state index in [-0.39, 0.29) is 5.78 Å². The highest BCUT2D eigenvalue weighted by Gasteiger charge is 2.63. The summed E-state index contributed by atoms with van der Waals surface area (Å²) < 4.78 is 0. The molecule has 3 atom stereocenters. The normalized spacial score (nSPS) is 22.3. The molecule has 3 aromatic carbocycles. The number of rotatable bonds is 3. The van der Waals surface area contributed by atoms with Crippen molar-refractivity contribution in [1.82, 2.24) is 0 Å². The van der Waals surface area contributed by atoms with Crippen LogP contribution in [0.4, 0.5) is 5.69 Å². The van der Waals surface area contributed by atoms with E-state index < -0.39 is 23.4 Å². The van der Waals surface area contributed by atoms with Crippen LogP contribution in [0.25, 0.3) is 6.08 Å². The van der Waals surface area contributed by atoms with Gasteiger partial charge in [-0.1, -0.05) is 90.5 Å². The molecule has 0 N–H and O–H groups in total. The monoisotopic (exact) mass is 415 g/mol. The number of benzene rings is 3. The molecule has 32 heavy (non-hydrogen) atoms. The van der Waals surface area contributed by atoms with Crippen molar-refractivity contribution in [3.63, 3.8) is 0 Å². The average Bonchev–Trinajstić information content (AvgIpc) is 3.15. The van der Waals surface area contributed by atoms with E-state index in [0.29, 0.717) is 5.56 Å². The van der Waals surface area contributed by atoms with Gasteiger partial charge in [0.15, 0.2) is 11.2 Å². The van der Waals surface area contributed by atoms with Gasteiger partial charge in [0.1, 0.15) is 6.04 Å². The highest BCUT2D eigenvalue weighted by atomic mass is 16.1. The molecule has 0 unspecified atom stereocenters. The minimum atomic E-state index is -1.41. The van der Waals surface area contributed by atoms with Gasteiger partial charge >= 0.3 is 0 Å². The largest absolute Gasteiger partial charge is 0.351 e. The summed E-state index contributed by atoms with van der Waals surface area (Å²) in [4.78, 5) is 16.0. The number of nitriles is 2. The number of Topliss-reactive ketones (excluding diaryl/α,β-unsaturated/α-hetero) is 1. The summed E-state index contributed by atoms with van der Waals surface area (Å²) in [6, 6.07) is 28.3. The van der Waals surface area contributed by atoms with Crippen molar-refractivity contribution < 1.29 is 4.79 Å². The molecule has 154 valence electrons. The van der Waals surface area contributed by atoms with Gasteiger partial charge in [-0.25, -0.2) is 0 Å². The van der Waals surface area contributed by atoms with Crippen LogP contribution in [-0.4, -0.2) is 17.9 Å². The fourth-order valence-corrected chi connectivity index (χ4v) is 5.24. The molecule has 4 heteroatoms. The predicted octanol–water partition coefficient (Wildman–Crippen LogP) is 5.28. The van der Waals surface area contributed by atoms with E-state index in [2.05, 4.69) is 12.1 Å².